The van der Waals surface area contributed by atoms with Gasteiger partial charge in [-0.3, -0.25) is 9.59 Å². The Morgan fingerprint density at radius 3 is 2.49 bits per heavy atom. The number of Topliss-reactive ketones (excluding diaryl/α,β-unsaturated/α-hetero) is 1. The van der Waals surface area contributed by atoms with Gasteiger partial charge in [0.1, 0.15) is 5.82 Å². The number of nitrogens with one attached hydrogen (secondary N) is 4. The van der Waals surface area contributed by atoms with Crippen molar-refractivity contribution in [3.63, 3.8) is 0 Å². The number of hydrogen-bond donors (Lipinski definition) is 4. The second-order valence-electron chi connectivity index (χ2n) is 9.07. The average Bonchev–Trinajstić information content (AvgIpc) is 2.84. The van der Waals surface area contributed by atoms with Gasteiger partial charge in [-0.15, -0.1) is 0 Å². The van der Waals surface area contributed by atoms with E-state index in [1.54, 1.807) is 6.07 Å². The molecule has 4 N–H and O–H groups in total. The number of amides is 1. The Morgan fingerprint density at radius 1 is 1.09 bits per heavy atom. The Bertz CT molecular complexity index is 1250. The summed E-state index contributed by atoms with van der Waals surface area (Å²) in [7, 11) is 0. The molecule has 2 unspecified atom stereocenters. The third kappa shape index (κ3) is 5.84. The molecule has 0 saturated carbocycles. The van der Waals surface area contributed by atoms with Gasteiger partial charge in [0.2, 0.25) is 0 Å². The number of ketones is 1. The number of rotatable bonds is 8. The van der Waals surface area contributed by atoms with Crippen LogP contribution in [0.3, 0.4) is 0 Å². The molecule has 3 aromatic rings. The van der Waals surface area contributed by atoms with Crippen LogP contribution >= 0.6 is 11.6 Å². The van der Waals surface area contributed by atoms with Crippen molar-refractivity contribution in [1.29, 1.82) is 0 Å². The Balaban J connectivity index is 1.63. The van der Waals surface area contributed by atoms with E-state index in [-0.39, 0.29) is 17.6 Å². The van der Waals surface area contributed by atoms with Crippen molar-refractivity contribution in [2.75, 3.05) is 23.7 Å². The van der Waals surface area contributed by atoms with Crippen molar-refractivity contribution < 1.29 is 9.59 Å². The minimum absolute atomic E-state index is 0.0392. The van der Waals surface area contributed by atoms with E-state index in [0.717, 1.165) is 41.4 Å². The highest BCUT2D eigenvalue weighted by Crippen LogP contribution is 2.29. The lowest BCUT2D eigenvalue weighted by Crippen LogP contribution is -2.50. The molecule has 0 aromatic heterocycles. The molecule has 1 heterocycles. The first-order valence-corrected chi connectivity index (χ1v) is 12.2. The van der Waals surface area contributed by atoms with Gasteiger partial charge in [0.05, 0.1) is 28.0 Å². The second-order valence-corrected chi connectivity index (χ2v) is 9.48. The number of para-hydroxylation sites is 1. The lowest BCUT2D eigenvalue weighted by Gasteiger charge is -2.30. The third-order valence-corrected chi connectivity index (χ3v) is 6.76. The maximum absolute atomic E-state index is 13.5. The predicted molar refractivity (Wildman–Crippen MR) is 144 cm³/mol. The van der Waals surface area contributed by atoms with E-state index in [9.17, 15) is 9.59 Å². The minimum atomic E-state index is -0.540. The smallest absolute Gasteiger partial charge is 0.254 e. The van der Waals surface area contributed by atoms with E-state index in [2.05, 4.69) is 27.8 Å². The number of fused-ring (bicyclic) bond motifs is 1. The number of piperidine rings is 1. The quantitative estimate of drug-likeness (QED) is 0.336. The molecular formula is C28H31ClN4O2. The molecule has 0 radical (unpaired) electrons. The van der Waals surface area contributed by atoms with Crippen molar-refractivity contribution >= 4 is 45.4 Å². The van der Waals surface area contributed by atoms with Gasteiger partial charge in [-0.2, -0.15) is 0 Å². The Labute approximate surface area is 211 Å². The number of hydrogen-bond acceptors (Lipinski definition) is 5. The molecule has 7 heteroatoms. The molecule has 0 bridgehead atoms. The minimum Gasteiger partial charge on any atom is -0.342 e. The van der Waals surface area contributed by atoms with Crippen LogP contribution in [0.15, 0.2) is 67.0 Å². The SMILES string of the molecule is C=C(Nc1cc2ccccc2cc1C(=O)NC(C(C)=O)C1CCCNC1)Nc1c(C)cccc1Cl. The normalized spacial score (nSPS) is 16.4. The molecule has 1 saturated heterocycles. The van der Waals surface area contributed by atoms with Crippen LogP contribution in [0.1, 0.15) is 35.7 Å². The number of carbonyl (C=O) groups excluding carboxylic acids is 2. The van der Waals surface area contributed by atoms with E-state index in [1.165, 1.54) is 6.92 Å². The van der Waals surface area contributed by atoms with Crippen molar-refractivity contribution in [1.82, 2.24) is 10.6 Å². The van der Waals surface area contributed by atoms with Gasteiger partial charge in [-0.05, 0) is 73.7 Å². The molecule has 1 amide bonds. The first kappa shape index (κ1) is 24.8. The Kier molecular flexibility index (Phi) is 7.73. The number of benzene rings is 3. The first-order chi connectivity index (χ1) is 16.8. The summed E-state index contributed by atoms with van der Waals surface area (Å²) in [6.07, 6.45) is 1.89. The molecule has 1 aliphatic rings. The zero-order valence-corrected chi connectivity index (χ0v) is 20.8. The summed E-state index contributed by atoms with van der Waals surface area (Å²) < 4.78 is 0. The summed E-state index contributed by atoms with van der Waals surface area (Å²) in [5, 5.41) is 15.3. The molecule has 1 aliphatic heterocycles. The van der Waals surface area contributed by atoms with Gasteiger partial charge in [-0.25, -0.2) is 0 Å². The summed E-state index contributed by atoms with van der Waals surface area (Å²) in [5.74, 6) is 0.209. The van der Waals surface area contributed by atoms with Crippen LogP contribution in [0.25, 0.3) is 10.8 Å². The molecule has 4 rings (SSSR count). The molecule has 6 nitrogen and oxygen atoms in total. The van der Waals surface area contributed by atoms with E-state index < -0.39 is 6.04 Å². The fraction of sp³-hybridized carbons (Fsp3) is 0.286. The summed E-state index contributed by atoms with van der Waals surface area (Å²) >= 11 is 6.36. The highest BCUT2D eigenvalue weighted by Gasteiger charge is 2.29. The van der Waals surface area contributed by atoms with Crippen molar-refractivity contribution in [3.8, 4) is 0 Å². The van der Waals surface area contributed by atoms with E-state index in [0.29, 0.717) is 28.6 Å². The lowest BCUT2D eigenvalue weighted by atomic mass is 9.89. The molecule has 3 aromatic carbocycles. The zero-order chi connectivity index (χ0) is 24.9. The molecule has 0 spiro atoms. The molecule has 2 atom stereocenters. The summed E-state index contributed by atoms with van der Waals surface area (Å²) in [6.45, 7) is 9.24. The Hall–Kier alpha value is -3.35. The maximum atomic E-state index is 13.5. The van der Waals surface area contributed by atoms with E-state index in [4.69, 9.17) is 11.6 Å². The highest BCUT2D eigenvalue weighted by atomic mass is 35.5. The van der Waals surface area contributed by atoms with Crippen molar-refractivity contribution in [2.45, 2.75) is 32.7 Å². The summed E-state index contributed by atoms with van der Waals surface area (Å²) in [4.78, 5) is 26.0. The van der Waals surface area contributed by atoms with Crippen LogP contribution in [-0.2, 0) is 4.79 Å². The molecule has 1 fully saturated rings. The first-order valence-electron chi connectivity index (χ1n) is 11.9. The van der Waals surface area contributed by atoms with Crippen LogP contribution in [0, 0.1) is 12.8 Å². The fourth-order valence-corrected chi connectivity index (χ4v) is 4.87. The van der Waals surface area contributed by atoms with Gasteiger partial charge in [0.25, 0.3) is 5.91 Å². The number of anilines is 2. The van der Waals surface area contributed by atoms with Crippen LogP contribution in [0.5, 0.6) is 0 Å². The topological polar surface area (TPSA) is 82.3 Å². The Morgan fingerprint density at radius 2 is 1.83 bits per heavy atom. The van der Waals surface area contributed by atoms with Crippen LogP contribution in [-0.4, -0.2) is 30.8 Å². The van der Waals surface area contributed by atoms with Gasteiger partial charge >= 0.3 is 0 Å². The fourth-order valence-electron chi connectivity index (χ4n) is 4.60. The summed E-state index contributed by atoms with van der Waals surface area (Å²) in [5.41, 5.74) is 2.76. The molecule has 182 valence electrons. The van der Waals surface area contributed by atoms with Gasteiger partial charge in [-0.1, -0.05) is 54.6 Å². The van der Waals surface area contributed by atoms with E-state index >= 15 is 0 Å². The maximum Gasteiger partial charge on any atom is 0.254 e. The molecule has 0 aliphatic carbocycles. The summed E-state index contributed by atoms with van der Waals surface area (Å²) in [6, 6.07) is 16.7. The van der Waals surface area contributed by atoms with Crippen molar-refractivity contribution in [3.05, 3.63) is 83.1 Å². The molecule has 35 heavy (non-hydrogen) atoms. The largest absolute Gasteiger partial charge is 0.342 e. The zero-order valence-electron chi connectivity index (χ0n) is 20.1. The monoisotopic (exact) mass is 490 g/mol. The third-order valence-electron chi connectivity index (χ3n) is 6.44. The van der Waals surface area contributed by atoms with Crippen molar-refractivity contribution in [2.24, 2.45) is 5.92 Å². The van der Waals surface area contributed by atoms with Crippen LogP contribution in [0.2, 0.25) is 5.02 Å². The number of aryl methyl sites for hydroxylation is 1. The van der Waals surface area contributed by atoms with Gasteiger partial charge < -0.3 is 21.3 Å². The van der Waals surface area contributed by atoms with E-state index in [1.807, 2.05) is 55.5 Å². The molecular weight excluding hydrogens is 460 g/mol. The number of carbonyl (C=O) groups is 2. The van der Waals surface area contributed by atoms with Gasteiger partial charge in [0, 0.05) is 6.54 Å². The number of halogens is 1. The lowest BCUT2D eigenvalue weighted by molar-refractivity contribution is -0.120. The van der Waals surface area contributed by atoms with Crippen LogP contribution < -0.4 is 21.3 Å². The van der Waals surface area contributed by atoms with Gasteiger partial charge in [0.15, 0.2) is 5.78 Å². The standard InChI is InChI=1S/C28H31ClN4O2/c1-17-8-6-12-24(29)26(17)32-19(3)31-25-15-21-10-5-4-9-20(21)14-23(25)28(35)33-27(18(2)34)22-11-7-13-30-16-22/h4-6,8-10,12,14-15,22,27,30-32H,3,7,11,13,16H2,1-2H3,(H,33,35). The second kappa shape index (κ2) is 10.9. The highest BCUT2D eigenvalue weighted by molar-refractivity contribution is 6.33. The van der Waals surface area contributed by atoms with Crippen LogP contribution in [0.4, 0.5) is 11.4 Å². The average molecular weight is 491 g/mol. The predicted octanol–water partition coefficient (Wildman–Crippen LogP) is 5.48.